The van der Waals surface area contributed by atoms with Crippen molar-refractivity contribution in [2.45, 2.75) is 18.8 Å². The van der Waals surface area contributed by atoms with Gasteiger partial charge in [-0.2, -0.15) is 0 Å². The fraction of sp³-hybridized carbons (Fsp3) is 0.375. The average Bonchev–Trinajstić information content (AvgIpc) is 2.71. The molecular formula is C8H8FN. The van der Waals surface area contributed by atoms with Crippen LogP contribution < -0.4 is 0 Å². The SMILES string of the molecule is Fc1ccc(C2CC2)nc1. The highest BCUT2D eigenvalue weighted by Crippen LogP contribution is 2.38. The predicted molar refractivity (Wildman–Crippen MR) is 36.2 cm³/mol. The van der Waals surface area contributed by atoms with Crippen LogP contribution >= 0.6 is 0 Å². The Morgan fingerprint density at radius 2 is 2.20 bits per heavy atom. The van der Waals surface area contributed by atoms with Crippen LogP contribution in [0.3, 0.4) is 0 Å². The third-order valence-electron chi connectivity index (χ3n) is 1.75. The second-order valence-electron chi connectivity index (χ2n) is 2.68. The van der Waals surface area contributed by atoms with Gasteiger partial charge < -0.3 is 0 Å². The summed E-state index contributed by atoms with van der Waals surface area (Å²) in [7, 11) is 0. The molecule has 0 aromatic carbocycles. The van der Waals surface area contributed by atoms with E-state index in [9.17, 15) is 4.39 Å². The number of halogens is 1. The molecule has 0 amide bonds. The molecule has 52 valence electrons. The predicted octanol–water partition coefficient (Wildman–Crippen LogP) is 2.10. The molecule has 1 fully saturated rings. The monoisotopic (exact) mass is 137 g/mol. The highest BCUT2D eigenvalue weighted by Gasteiger charge is 2.24. The minimum Gasteiger partial charge on any atom is -0.258 e. The first-order chi connectivity index (χ1) is 4.86. The largest absolute Gasteiger partial charge is 0.258 e. The van der Waals surface area contributed by atoms with Crippen LogP contribution in [0.4, 0.5) is 4.39 Å². The first-order valence-electron chi connectivity index (χ1n) is 3.48. The quantitative estimate of drug-likeness (QED) is 0.577. The van der Waals surface area contributed by atoms with E-state index in [4.69, 9.17) is 0 Å². The minimum absolute atomic E-state index is 0.246. The fourth-order valence-electron chi connectivity index (χ4n) is 1.01. The number of hydrogen-bond acceptors (Lipinski definition) is 1. The van der Waals surface area contributed by atoms with Crippen molar-refractivity contribution in [3.05, 3.63) is 29.8 Å². The molecule has 0 aliphatic heterocycles. The zero-order valence-electron chi connectivity index (χ0n) is 5.55. The molecule has 2 heteroatoms. The lowest BCUT2D eigenvalue weighted by molar-refractivity contribution is 0.619. The van der Waals surface area contributed by atoms with Crippen molar-refractivity contribution in [2.24, 2.45) is 0 Å². The Balaban J connectivity index is 2.28. The number of rotatable bonds is 1. The van der Waals surface area contributed by atoms with Crippen molar-refractivity contribution in [1.82, 2.24) is 4.98 Å². The Morgan fingerprint density at radius 3 is 2.70 bits per heavy atom. The maximum atomic E-state index is 12.3. The summed E-state index contributed by atoms with van der Waals surface area (Å²) in [4.78, 5) is 3.97. The molecule has 0 bridgehead atoms. The number of hydrogen-bond donors (Lipinski definition) is 0. The van der Waals surface area contributed by atoms with Gasteiger partial charge in [0.2, 0.25) is 0 Å². The molecule has 1 aliphatic carbocycles. The summed E-state index contributed by atoms with van der Waals surface area (Å²) < 4.78 is 12.3. The highest BCUT2D eigenvalue weighted by molar-refractivity contribution is 5.14. The Labute approximate surface area is 58.9 Å². The van der Waals surface area contributed by atoms with E-state index < -0.39 is 0 Å². The lowest BCUT2D eigenvalue weighted by atomic mass is 10.2. The molecule has 0 spiro atoms. The van der Waals surface area contributed by atoms with Crippen LogP contribution in [-0.4, -0.2) is 4.98 Å². The van der Waals surface area contributed by atoms with Gasteiger partial charge in [0, 0.05) is 11.6 Å². The molecule has 1 aromatic heterocycles. The van der Waals surface area contributed by atoms with Crippen LogP contribution in [0.5, 0.6) is 0 Å². The van der Waals surface area contributed by atoms with Gasteiger partial charge in [0.15, 0.2) is 0 Å². The van der Waals surface area contributed by atoms with Crippen molar-refractivity contribution in [3.63, 3.8) is 0 Å². The summed E-state index contributed by atoms with van der Waals surface area (Å²) >= 11 is 0. The molecule has 0 radical (unpaired) electrons. The standard InChI is InChI=1S/C8H8FN/c9-7-3-4-8(10-5-7)6-1-2-6/h3-6H,1-2H2. The Kier molecular flexibility index (Phi) is 1.19. The van der Waals surface area contributed by atoms with Gasteiger partial charge in [-0.25, -0.2) is 4.39 Å². The summed E-state index contributed by atoms with van der Waals surface area (Å²) in [6.07, 6.45) is 3.73. The van der Waals surface area contributed by atoms with Gasteiger partial charge in [-0.15, -0.1) is 0 Å². The first-order valence-corrected chi connectivity index (χ1v) is 3.48. The van der Waals surface area contributed by atoms with E-state index in [2.05, 4.69) is 4.98 Å². The summed E-state index contributed by atoms with van der Waals surface area (Å²) in [5.74, 6) is 0.380. The third kappa shape index (κ3) is 1.01. The van der Waals surface area contributed by atoms with E-state index in [1.807, 2.05) is 0 Å². The molecule has 10 heavy (non-hydrogen) atoms. The van der Waals surface area contributed by atoms with Crippen LogP contribution in [0.2, 0.25) is 0 Å². The van der Waals surface area contributed by atoms with E-state index in [-0.39, 0.29) is 5.82 Å². The third-order valence-corrected chi connectivity index (χ3v) is 1.75. The summed E-state index contributed by atoms with van der Waals surface area (Å²) in [6.45, 7) is 0. The van der Waals surface area contributed by atoms with E-state index in [0.717, 1.165) is 5.69 Å². The molecule has 2 rings (SSSR count). The van der Waals surface area contributed by atoms with Crippen molar-refractivity contribution in [3.8, 4) is 0 Å². The van der Waals surface area contributed by atoms with Gasteiger partial charge in [-0.05, 0) is 25.0 Å². The smallest absolute Gasteiger partial charge is 0.141 e. The molecule has 1 aromatic rings. The molecule has 1 heterocycles. The lowest BCUT2D eigenvalue weighted by Gasteiger charge is -1.93. The lowest BCUT2D eigenvalue weighted by Crippen LogP contribution is -1.85. The maximum Gasteiger partial charge on any atom is 0.141 e. The number of pyridine rings is 1. The van der Waals surface area contributed by atoms with Crippen LogP contribution in [-0.2, 0) is 0 Å². The summed E-state index contributed by atoms with van der Waals surface area (Å²) in [5.41, 5.74) is 1.04. The van der Waals surface area contributed by atoms with Crippen LogP contribution in [0.15, 0.2) is 18.3 Å². The van der Waals surface area contributed by atoms with Crippen LogP contribution in [0, 0.1) is 5.82 Å². The van der Waals surface area contributed by atoms with Crippen molar-refractivity contribution in [2.75, 3.05) is 0 Å². The minimum atomic E-state index is -0.246. The van der Waals surface area contributed by atoms with Gasteiger partial charge in [0.25, 0.3) is 0 Å². The molecule has 0 atom stereocenters. The molecule has 0 saturated heterocycles. The molecule has 0 N–H and O–H groups in total. The Bertz CT molecular complexity index is 226. The molecule has 1 nitrogen and oxygen atoms in total. The van der Waals surface area contributed by atoms with E-state index in [1.54, 1.807) is 6.07 Å². The van der Waals surface area contributed by atoms with E-state index >= 15 is 0 Å². The van der Waals surface area contributed by atoms with E-state index in [1.165, 1.54) is 25.1 Å². The van der Waals surface area contributed by atoms with Crippen molar-refractivity contribution in [1.29, 1.82) is 0 Å². The van der Waals surface area contributed by atoms with Crippen LogP contribution in [0.1, 0.15) is 24.5 Å². The zero-order valence-corrected chi connectivity index (χ0v) is 5.55. The molecule has 1 saturated carbocycles. The fourth-order valence-corrected chi connectivity index (χ4v) is 1.01. The van der Waals surface area contributed by atoms with Gasteiger partial charge in [-0.3, -0.25) is 4.98 Å². The number of nitrogens with zero attached hydrogens (tertiary/aromatic N) is 1. The van der Waals surface area contributed by atoms with Gasteiger partial charge >= 0.3 is 0 Å². The zero-order chi connectivity index (χ0) is 6.97. The van der Waals surface area contributed by atoms with Crippen molar-refractivity contribution < 1.29 is 4.39 Å². The van der Waals surface area contributed by atoms with Gasteiger partial charge in [-0.1, -0.05) is 0 Å². The summed E-state index contributed by atoms with van der Waals surface area (Å²) in [6, 6.07) is 3.24. The normalized spacial score (nSPS) is 17.3. The second-order valence-corrected chi connectivity index (χ2v) is 2.68. The molecular weight excluding hydrogens is 129 g/mol. The second kappa shape index (κ2) is 2.04. The highest BCUT2D eigenvalue weighted by atomic mass is 19.1. The molecule has 1 aliphatic rings. The average molecular weight is 137 g/mol. The molecule has 0 unspecified atom stereocenters. The first kappa shape index (κ1) is 5.83. The van der Waals surface area contributed by atoms with Gasteiger partial charge in [0.05, 0.1) is 6.20 Å². The Morgan fingerprint density at radius 1 is 1.40 bits per heavy atom. The van der Waals surface area contributed by atoms with Crippen LogP contribution in [0.25, 0.3) is 0 Å². The van der Waals surface area contributed by atoms with E-state index in [0.29, 0.717) is 5.92 Å². The number of aromatic nitrogens is 1. The Hall–Kier alpha value is -0.920. The van der Waals surface area contributed by atoms with Crippen molar-refractivity contribution >= 4 is 0 Å². The maximum absolute atomic E-state index is 12.3. The van der Waals surface area contributed by atoms with Gasteiger partial charge in [0.1, 0.15) is 5.82 Å². The topological polar surface area (TPSA) is 12.9 Å². The summed E-state index contributed by atoms with van der Waals surface area (Å²) in [5, 5.41) is 0.